The molecule has 0 fully saturated rings. The Kier molecular flexibility index (Phi) is 28.4. The van der Waals surface area contributed by atoms with Crippen LogP contribution in [-0.4, -0.2) is 113 Å². The van der Waals surface area contributed by atoms with Crippen molar-refractivity contribution in [1.82, 2.24) is 40.1 Å². The lowest BCUT2D eigenvalue weighted by molar-refractivity contribution is -0.155. The average Bonchev–Trinajstić information content (AvgIpc) is 1.60. The number of esters is 3. The van der Waals surface area contributed by atoms with E-state index in [1.807, 2.05) is 59.9 Å². The molecule has 0 unspecified atom stereocenters. The molecule has 0 bridgehead atoms. The molecule has 0 atom stereocenters. The van der Waals surface area contributed by atoms with Gasteiger partial charge in [0.15, 0.2) is 23.3 Å². The summed E-state index contributed by atoms with van der Waals surface area (Å²) in [5, 5.41) is 4.22. The molecule has 1 amide bonds. The number of aryl methyl sites for hydroxylation is 3. The van der Waals surface area contributed by atoms with Crippen LogP contribution >= 0.6 is 62.3 Å². The summed E-state index contributed by atoms with van der Waals surface area (Å²) in [5.41, 5.74) is 16.6. The number of ether oxygens (including phenoxy) is 3. The number of alkyl halides is 1. The second kappa shape index (κ2) is 33.7. The highest BCUT2D eigenvalue weighted by Gasteiger charge is 2.39. The van der Waals surface area contributed by atoms with E-state index in [-0.39, 0.29) is 72.4 Å². The van der Waals surface area contributed by atoms with Gasteiger partial charge in [-0.3, -0.25) is 14.4 Å². The van der Waals surface area contributed by atoms with Gasteiger partial charge in [-0.2, -0.15) is 0 Å². The van der Waals surface area contributed by atoms with Gasteiger partial charge in [0.2, 0.25) is 0 Å². The molecule has 524 valence electrons. The summed E-state index contributed by atoms with van der Waals surface area (Å²) in [4.78, 5) is 95.5. The third-order valence-electron chi connectivity index (χ3n) is 14.7. The number of hydrogen-bond donors (Lipinski definition) is 5. The van der Waals surface area contributed by atoms with Crippen LogP contribution in [0, 0.1) is 44.0 Å². The molecule has 0 saturated carbocycles. The molecule has 0 radical (unpaired) electrons. The molecule has 6 N–H and O–H groups in total. The Morgan fingerprint density at radius 1 is 0.639 bits per heavy atom. The summed E-state index contributed by atoms with van der Waals surface area (Å²) in [6, 6.07) is 11.2. The number of halogens is 9. The molecular formula is C70H82BrCl4F4N9O9. The van der Waals surface area contributed by atoms with Crippen LogP contribution in [0.4, 0.5) is 17.6 Å². The first-order valence-corrected chi connectivity index (χ1v) is 32.4. The zero-order valence-corrected chi connectivity index (χ0v) is 59.5. The molecule has 2 aliphatic rings. The van der Waals surface area contributed by atoms with Gasteiger partial charge in [0.1, 0.15) is 0 Å². The second-order valence-corrected chi connectivity index (χ2v) is 27.2. The predicted molar refractivity (Wildman–Crippen MR) is 379 cm³/mol. The van der Waals surface area contributed by atoms with Crippen molar-refractivity contribution in [3.05, 3.63) is 168 Å². The molecule has 8 aromatic rings. The highest BCUT2D eigenvalue weighted by molar-refractivity contribution is 9.09. The lowest BCUT2D eigenvalue weighted by Gasteiger charge is -2.29. The van der Waals surface area contributed by atoms with Crippen molar-refractivity contribution in [2.45, 2.75) is 153 Å². The number of ketones is 1. The van der Waals surface area contributed by atoms with E-state index in [0.717, 1.165) is 86.2 Å². The number of hydrogen-bond acceptors (Lipinski definition) is 14. The number of nitrogens with one attached hydrogen (secondary N) is 4. The molecule has 6 aromatic heterocycles. The monoisotopic (exact) mass is 1490 g/mol. The first kappa shape index (κ1) is 81.8. The number of carbonyl (C=O) groups is 6. The number of fused-ring (bicyclic) bond motifs is 7. The fourth-order valence-electron chi connectivity index (χ4n) is 9.92. The van der Waals surface area contributed by atoms with E-state index in [4.69, 9.17) is 61.6 Å². The van der Waals surface area contributed by atoms with Crippen LogP contribution in [0.1, 0.15) is 164 Å². The summed E-state index contributed by atoms with van der Waals surface area (Å²) in [5.74, 6) is -7.13. The molecule has 27 heteroatoms. The molecule has 0 saturated heterocycles. The van der Waals surface area contributed by atoms with Crippen LogP contribution in [0.15, 0.2) is 73.2 Å². The number of carbonyl (C=O) groups excluding carboxylic acids is 6. The van der Waals surface area contributed by atoms with Gasteiger partial charge in [0.25, 0.3) is 16.9 Å². The smallest absolute Gasteiger partial charge is 0.375 e. The normalized spacial score (nSPS) is 13.5. The summed E-state index contributed by atoms with van der Waals surface area (Å²) in [6.07, 6.45) is 4.28. The van der Waals surface area contributed by atoms with Gasteiger partial charge in [-0.1, -0.05) is 107 Å². The van der Waals surface area contributed by atoms with Crippen LogP contribution in [0.25, 0.3) is 44.2 Å². The zero-order valence-electron chi connectivity index (χ0n) is 54.9. The lowest BCUT2D eigenvalue weighted by atomic mass is 9.83. The lowest BCUT2D eigenvalue weighted by Crippen LogP contribution is -2.37. The summed E-state index contributed by atoms with van der Waals surface area (Å²) in [6.45, 7) is 29.8. The zero-order chi connectivity index (χ0) is 71.1. The molecule has 10 rings (SSSR count). The average molecular weight is 1490 g/mol. The van der Waals surface area contributed by atoms with Crippen molar-refractivity contribution in [2.24, 2.45) is 5.73 Å². The Bertz CT molecular complexity index is 4330. The predicted octanol–water partition coefficient (Wildman–Crippen LogP) is 16.5. The van der Waals surface area contributed by atoms with Gasteiger partial charge in [-0.15, -0.1) is 0 Å². The highest BCUT2D eigenvalue weighted by Crippen LogP contribution is 2.42. The maximum absolute atomic E-state index is 13.8. The van der Waals surface area contributed by atoms with E-state index in [1.54, 1.807) is 46.9 Å². The Labute approximate surface area is 590 Å². The fraction of sp³-hybridized carbons (Fsp3) is 0.386. The van der Waals surface area contributed by atoms with Crippen molar-refractivity contribution in [1.29, 1.82) is 0 Å². The van der Waals surface area contributed by atoms with Crippen molar-refractivity contribution >= 4 is 141 Å². The number of amides is 1. The summed E-state index contributed by atoms with van der Waals surface area (Å²) >= 11 is 26.4. The van der Waals surface area contributed by atoms with Crippen molar-refractivity contribution in [2.75, 3.05) is 25.0 Å². The van der Waals surface area contributed by atoms with Gasteiger partial charge in [-0.25, -0.2) is 46.9 Å². The standard InChI is InChI=1S/C25H24ClF2N3O3.C18H22ClN3O2.C12H16ClN3.C7H3ClF2O.C6H9BrO3.2CH4/c1-12(2)34-24(33)15-10-31(23(32)14-6-7-17(27)18(28)8-14)11-25(4,5)20-21(15)30-19-9-16(26)13(3)29-22(19)20;1-9(2)24-17(23)11-7-20-8-18(4,5)14-15(11)22-13-6-12(19)10(3)21-16(13)14;1-7-9(13)4-10-11(16-7)8(5-15-10)12(2,3)6-14;8-7(11)4-1-2-5(9)6(10)3-4;1-4(2)10-6(9)5(8)3-7;;/h6-10,12,30H,11H2,1-5H3;6-7,9,20,22H,8H2,1-5H3;4-5,15H,6,14H2,1-3H3;1-3H;4H,3H2,1-2H3;2*1H4. The van der Waals surface area contributed by atoms with Crippen LogP contribution in [0.5, 0.6) is 0 Å². The van der Waals surface area contributed by atoms with Crippen LogP contribution in [0.3, 0.4) is 0 Å². The third-order valence-corrected chi connectivity index (χ3v) is 16.6. The molecule has 2 aromatic carbocycles. The molecule has 97 heavy (non-hydrogen) atoms. The van der Waals surface area contributed by atoms with E-state index >= 15 is 0 Å². The molecule has 0 spiro atoms. The molecule has 2 aliphatic heterocycles. The first-order chi connectivity index (χ1) is 44.2. The Hall–Kier alpha value is -7.67. The van der Waals surface area contributed by atoms with Crippen molar-refractivity contribution in [3.63, 3.8) is 0 Å². The maximum Gasteiger partial charge on any atom is 0.375 e. The van der Waals surface area contributed by atoms with Crippen LogP contribution in [0.2, 0.25) is 15.1 Å². The molecule has 18 nitrogen and oxygen atoms in total. The third kappa shape index (κ3) is 19.8. The Balaban J connectivity index is 0.000000277. The minimum Gasteiger partial charge on any atom is -0.459 e. The van der Waals surface area contributed by atoms with E-state index < -0.39 is 63.7 Å². The number of pyridine rings is 3. The molecule has 0 aliphatic carbocycles. The van der Waals surface area contributed by atoms with Crippen molar-refractivity contribution < 1.29 is 60.5 Å². The minimum atomic E-state index is -1.13. The number of nitrogens with two attached hydrogens (primary N) is 1. The van der Waals surface area contributed by atoms with Gasteiger partial charge in [-0.05, 0) is 129 Å². The van der Waals surface area contributed by atoms with Gasteiger partial charge in [0, 0.05) is 82.3 Å². The van der Waals surface area contributed by atoms with E-state index in [0.29, 0.717) is 56.2 Å². The van der Waals surface area contributed by atoms with Crippen molar-refractivity contribution in [3.8, 4) is 0 Å². The van der Waals surface area contributed by atoms with Crippen LogP contribution < -0.4 is 11.1 Å². The Morgan fingerprint density at radius 3 is 1.53 bits per heavy atom. The molecular weight excluding hydrogens is 1410 g/mol. The summed E-state index contributed by atoms with van der Waals surface area (Å²) < 4.78 is 67.3. The van der Waals surface area contributed by atoms with E-state index in [1.165, 1.54) is 17.2 Å². The van der Waals surface area contributed by atoms with Gasteiger partial charge >= 0.3 is 17.9 Å². The highest BCUT2D eigenvalue weighted by atomic mass is 79.9. The first-order valence-electron chi connectivity index (χ1n) is 29.8. The topological polar surface area (TPSA) is 257 Å². The second-order valence-electron chi connectivity index (χ2n) is 25.0. The SMILES string of the molecule is C.C.CC(C)OC(=O)C(=O)CBr.Cc1nc2c(C(C)(C)CN)c[nH]c2cc1Cl.Cc1nc2c3c([nH]c2cc1Cl)C(C(=O)OC(C)C)=CN(C(=O)c1ccc(F)c(F)c1)CC3(C)C.Cc1nc2c3c([nH]c2cc1Cl)C(C(=O)OC(C)C)=CNCC3(C)C.O=C(Cl)c1ccc(F)c(F)c1. The number of nitrogens with zero attached hydrogens (tertiary/aromatic N) is 4. The summed E-state index contributed by atoms with van der Waals surface area (Å²) in [7, 11) is 0. The Morgan fingerprint density at radius 2 is 1.07 bits per heavy atom. The number of rotatable bonds is 11. The fourth-order valence-corrected chi connectivity index (χ4v) is 10.7. The van der Waals surface area contributed by atoms with E-state index in [9.17, 15) is 46.3 Å². The van der Waals surface area contributed by atoms with Gasteiger partial charge in [0.05, 0.1) is 111 Å². The maximum atomic E-state index is 13.8. The largest absolute Gasteiger partial charge is 0.459 e. The van der Waals surface area contributed by atoms with Gasteiger partial charge < -0.3 is 45.1 Å². The number of aromatic amines is 3. The quantitative estimate of drug-likeness (QED) is 0.0202. The molecule has 8 heterocycles. The number of aromatic nitrogens is 6. The number of benzene rings is 2. The number of Topliss-reactive ketones (excluding diaryl/α,β-unsaturated/α-hetero) is 1. The van der Waals surface area contributed by atoms with Crippen LogP contribution in [-0.2, 0) is 49.6 Å². The minimum absolute atomic E-state index is 0. The van der Waals surface area contributed by atoms with E-state index in [2.05, 4.69) is 83.6 Å². The number of H-pyrrole nitrogens is 3.